The van der Waals surface area contributed by atoms with Gasteiger partial charge in [-0.3, -0.25) is 24.9 Å². The van der Waals surface area contributed by atoms with Crippen molar-refractivity contribution in [2.75, 3.05) is 0 Å². The second-order valence-corrected chi connectivity index (χ2v) is 30.8. The van der Waals surface area contributed by atoms with E-state index in [9.17, 15) is 4.39 Å². The van der Waals surface area contributed by atoms with Crippen molar-refractivity contribution in [2.24, 2.45) is 0 Å². The Morgan fingerprint density at radius 1 is 0.440 bits per heavy atom. The first-order valence-corrected chi connectivity index (χ1v) is 35.1. The van der Waals surface area contributed by atoms with Crippen LogP contribution in [0.3, 0.4) is 0 Å². The monoisotopic (exact) mass is 1220 g/mol. The number of pyridine rings is 6. The highest BCUT2D eigenvalue weighted by Crippen LogP contribution is 2.39. The average molecular weight is 1220 g/mol. The van der Waals surface area contributed by atoms with Gasteiger partial charge < -0.3 is 32.2 Å². The van der Waals surface area contributed by atoms with Gasteiger partial charge in [0.2, 0.25) is 0 Å². The summed E-state index contributed by atoms with van der Waals surface area (Å²) in [7, 11) is -3.20. The minimum absolute atomic E-state index is 0.408. The van der Waals surface area contributed by atoms with Crippen LogP contribution in [0.15, 0.2) is 166 Å². The first-order valence-electron chi connectivity index (χ1n) is 26.2. The van der Waals surface area contributed by atoms with E-state index in [1.807, 2.05) is 105 Å². The lowest BCUT2D eigenvalue weighted by Crippen LogP contribution is -2.49. The fourth-order valence-corrected chi connectivity index (χ4v) is 17.9. The third-order valence-corrected chi connectivity index (χ3v) is 23.4. The maximum absolute atomic E-state index is 13.1. The van der Waals surface area contributed by atoms with Crippen LogP contribution in [-0.4, -0.2) is 129 Å². The Morgan fingerprint density at radius 3 is 1.62 bits per heavy atom. The molecule has 0 bridgehead atoms. The molecule has 11 heterocycles. The van der Waals surface area contributed by atoms with E-state index in [0.717, 1.165) is 83.7 Å². The molecule has 2 aliphatic rings. The molecule has 5 radical (unpaired) electrons. The first-order chi connectivity index (χ1) is 40.6. The highest BCUT2D eigenvalue weighted by atomic mass is 28.3. The topological polar surface area (TPSA) is 187 Å². The largest absolute Gasteiger partial charge is 0.650 e. The molecule has 0 saturated heterocycles. The quantitative estimate of drug-likeness (QED) is 0.149. The molecule has 2 aliphatic heterocycles. The van der Waals surface area contributed by atoms with Gasteiger partial charge in [0.25, 0.3) is 0 Å². The van der Waals surface area contributed by atoms with Crippen molar-refractivity contribution >= 4 is 186 Å². The number of aryl methyl sites for hydroxylation is 2. The first kappa shape index (κ1) is 58.5. The molecule has 23 heteroatoms. The Bertz CT molecular complexity index is 4620. The lowest BCUT2D eigenvalue weighted by molar-refractivity contribution is 0.611. The van der Waals surface area contributed by atoms with Crippen molar-refractivity contribution in [1.29, 1.82) is 5.26 Å². The van der Waals surface area contributed by atoms with E-state index in [4.69, 9.17) is 37.5 Å². The molecule has 0 spiro atoms. The normalized spacial score (nSPS) is 12.6. The summed E-state index contributed by atoms with van der Waals surface area (Å²) >= 11 is 7.22. The van der Waals surface area contributed by atoms with Gasteiger partial charge in [0.15, 0.2) is 16.7 Å². The number of hydrogen-bond acceptors (Lipinski definition) is 15. The summed E-state index contributed by atoms with van der Waals surface area (Å²) in [5, 5.41) is 17.1. The van der Waals surface area contributed by atoms with Crippen LogP contribution in [0.2, 0.25) is 26.2 Å². The van der Waals surface area contributed by atoms with Crippen LogP contribution in [0, 0.1) is 31.0 Å². The minimum atomic E-state index is -1.63. The zero-order chi connectivity index (χ0) is 59.0. The number of nitriles is 1. The van der Waals surface area contributed by atoms with Crippen LogP contribution in [-0.2, 0) is 0 Å². The molecule has 15 nitrogen and oxygen atoms in total. The summed E-state index contributed by atoms with van der Waals surface area (Å²) in [5.41, 5.74) is 13.5. The van der Waals surface area contributed by atoms with Crippen LogP contribution in [0.4, 0.5) is 4.39 Å². The molecular formula is C61H48Al5FN7O8Si2. The molecule has 0 fully saturated rings. The Kier molecular flexibility index (Phi) is 16.9. The minimum Gasteiger partial charge on any atom is -0.650 e. The molecule has 4 aromatic carbocycles. The van der Waals surface area contributed by atoms with E-state index in [-0.39, 0.29) is 0 Å². The number of fused-ring (bicyclic) bond motifs is 15. The van der Waals surface area contributed by atoms with Crippen LogP contribution < -0.4 is 39.7 Å². The van der Waals surface area contributed by atoms with Crippen LogP contribution >= 0.6 is 0 Å². The molecule has 0 N–H and O–H groups in total. The van der Waals surface area contributed by atoms with Crippen molar-refractivity contribution in [3.63, 3.8) is 0 Å². The molecule has 15 rings (SSSR count). The molecule has 0 atom stereocenters. The van der Waals surface area contributed by atoms with E-state index in [1.165, 1.54) is 122 Å². The highest BCUT2D eigenvalue weighted by Gasteiger charge is 2.41. The van der Waals surface area contributed by atoms with E-state index < -0.39 is 22.0 Å². The van der Waals surface area contributed by atoms with Gasteiger partial charge in [-0.05, 0) is 119 Å². The average Bonchev–Trinajstić information content (AvgIpc) is 3.68. The Hall–Kier alpha value is -7.30. The van der Waals surface area contributed by atoms with Gasteiger partial charge in [-0.1, -0.05) is 56.5 Å². The third-order valence-electron chi connectivity index (χ3n) is 14.8. The number of halogens is 1. The second-order valence-electron chi connectivity index (χ2n) is 20.8. The summed E-state index contributed by atoms with van der Waals surface area (Å²) < 4.78 is 57.0. The summed E-state index contributed by atoms with van der Waals surface area (Å²) in [4.78, 5) is 26.1. The van der Waals surface area contributed by atoms with Crippen molar-refractivity contribution in [3.8, 4) is 57.3 Å². The lowest BCUT2D eigenvalue weighted by Gasteiger charge is -2.18. The molecule has 13 aromatic rings. The number of hydrogen-bond donors (Lipinski definition) is 0. The van der Waals surface area contributed by atoms with E-state index in [2.05, 4.69) is 86.4 Å². The summed E-state index contributed by atoms with van der Waals surface area (Å²) in [6.07, 6.45) is 12.2. The van der Waals surface area contributed by atoms with Gasteiger partial charge in [-0.25, -0.2) is 9.37 Å². The van der Waals surface area contributed by atoms with Crippen molar-refractivity contribution in [1.82, 2.24) is 29.9 Å². The standard InChI is InChI=1S/C13H13NOSi.C12H8FNO2.C12H6N2O2.C12H12N2OSi.C12H9NO2.5Al.5H/c1-16(2)10-6-3-5-9(15)12(10)13-11(16)7-4-8-14-13;1-6-2-8(15)11-9(3-6)16-10-4-7(13)5-14-12(10)11;13-6-7-4-8(15)11-10(5-7)16-9-2-1-3-14-12(9)11;1-16(2)9-4-3-5-14-12(9)11-8(15)6-13-7-10(11)16;1-7-5-10-12(13-6-7)11-8(14)3-2-4-9(11)15-10;;;;;;;;;;/h3-8,15H,1-2H3;2-5,15H,1H3;1-5,15H;3-7,15H,1-2H3;2-6,14H,1H3;;;;;;;;;;/q;;;;;5*+1;;;;;/p-5. The number of rotatable bonds is 5. The Balaban J connectivity index is 0.000000110. The lowest BCUT2D eigenvalue weighted by atomic mass is 10.1. The number of nitrogens with zero attached hydrogens (tertiary/aromatic N) is 7. The van der Waals surface area contributed by atoms with E-state index in [1.54, 1.807) is 24.5 Å². The molecule has 9 aromatic heterocycles. The molecule has 0 amide bonds. The van der Waals surface area contributed by atoms with Crippen molar-refractivity contribution in [3.05, 3.63) is 175 Å². The fourth-order valence-electron chi connectivity index (χ4n) is 10.9. The Labute approximate surface area is 526 Å². The van der Waals surface area contributed by atoms with Gasteiger partial charge in [-0.2, -0.15) is 5.26 Å². The predicted octanol–water partition coefficient (Wildman–Crippen LogP) is 8.71. The number of benzene rings is 4. The maximum Gasteiger partial charge on any atom is 0.494 e. The highest BCUT2D eigenvalue weighted by molar-refractivity contribution is 7.04. The van der Waals surface area contributed by atoms with Gasteiger partial charge in [0.05, 0.1) is 74.6 Å². The number of furan rings is 3. The molecular weight excluding hydrogens is 1170 g/mol. The fraction of sp³-hybridized carbons (Fsp3) is 0.0984. The summed E-state index contributed by atoms with van der Waals surface area (Å²) in [6, 6.07) is 36.8. The molecule has 0 unspecified atom stereocenters. The van der Waals surface area contributed by atoms with E-state index in [0.29, 0.717) is 44.9 Å². The second kappa shape index (κ2) is 24.4. The van der Waals surface area contributed by atoms with Crippen LogP contribution in [0.5, 0.6) is 28.7 Å². The van der Waals surface area contributed by atoms with Crippen LogP contribution in [0.25, 0.3) is 88.7 Å². The third kappa shape index (κ3) is 10.8. The van der Waals surface area contributed by atoms with Gasteiger partial charge in [0, 0.05) is 48.2 Å². The summed E-state index contributed by atoms with van der Waals surface area (Å²) in [5.74, 6) is 3.53. The molecule has 0 saturated carbocycles. The molecule has 405 valence electrons. The molecule has 0 aliphatic carbocycles. The molecule has 84 heavy (non-hydrogen) atoms. The maximum atomic E-state index is 13.1. The van der Waals surface area contributed by atoms with Crippen LogP contribution in [0.1, 0.15) is 16.7 Å². The zero-order valence-corrected chi connectivity index (χ0v) is 55.8. The van der Waals surface area contributed by atoms with Crippen molar-refractivity contribution < 1.29 is 36.6 Å². The predicted molar refractivity (Wildman–Crippen MR) is 338 cm³/mol. The van der Waals surface area contributed by atoms with Gasteiger partial charge >= 0.3 is 83.1 Å². The zero-order valence-electron chi connectivity index (χ0n) is 46.7. The van der Waals surface area contributed by atoms with Crippen molar-refractivity contribution in [2.45, 2.75) is 40.0 Å². The van der Waals surface area contributed by atoms with E-state index >= 15 is 0 Å². The number of aromatic nitrogens is 6. The summed E-state index contributed by atoms with van der Waals surface area (Å²) in [6.45, 7) is 13.4. The SMILES string of the molecule is C[Si]1(C)c2cccnc2-c2c([O][AlH])cccc21.C[Si]1(C)c2cccnc2-c2c([O][AlH])cncc21.Cc1cc([O][AlH])c2c(c1)oc1cc(F)cnc12.Cc1cnc2c(c1)oc1cccc([O][AlH])c12.N#Cc1cc([O][AlH])c2c(c1)oc1cccnc12. The van der Waals surface area contributed by atoms with Gasteiger partial charge in [0.1, 0.15) is 61.0 Å². The Morgan fingerprint density at radius 2 is 0.940 bits per heavy atom. The smallest absolute Gasteiger partial charge is 0.494 e. The van der Waals surface area contributed by atoms with Gasteiger partial charge in [-0.15, -0.1) is 0 Å².